The fourth-order valence-electron chi connectivity index (χ4n) is 7.66. The quantitative estimate of drug-likeness (QED) is 0.173. The Labute approximate surface area is 295 Å². The van der Waals surface area contributed by atoms with E-state index in [4.69, 9.17) is 0 Å². The zero-order valence-corrected chi connectivity index (χ0v) is 28.1. The summed E-state index contributed by atoms with van der Waals surface area (Å²) in [7, 11) is 0. The van der Waals surface area contributed by atoms with Gasteiger partial charge in [0.05, 0.1) is 10.4 Å². The Morgan fingerprint density at radius 1 is 0.360 bits per heavy atom. The molecule has 9 aromatic rings. The average molecular weight is 654 g/mol. The summed E-state index contributed by atoms with van der Waals surface area (Å²) in [5, 5.41) is 5.25. The lowest BCUT2D eigenvalue weighted by atomic mass is 9.89. The molecule has 0 aliphatic heterocycles. The highest BCUT2D eigenvalue weighted by atomic mass is 32.1. The van der Waals surface area contributed by atoms with Crippen LogP contribution in [-0.2, 0) is 0 Å². The minimum Gasteiger partial charge on any atom is -0.309 e. The molecule has 50 heavy (non-hydrogen) atoms. The van der Waals surface area contributed by atoms with E-state index in [1.165, 1.54) is 81.1 Å². The van der Waals surface area contributed by atoms with Crippen molar-refractivity contribution in [2.75, 3.05) is 4.90 Å². The number of hydrogen-bond acceptors (Lipinski definition) is 2. The lowest BCUT2D eigenvalue weighted by Crippen LogP contribution is -2.10. The summed E-state index contributed by atoms with van der Waals surface area (Å²) in [6.45, 7) is 0. The maximum Gasteiger partial charge on any atom is 0.0640 e. The lowest BCUT2D eigenvalue weighted by Gasteiger charge is -2.26. The van der Waals surface area contributed by atoms with Crippen molar-refractivity contribution in [1.29, 1.82) is 0 Å². The zero-order chi connectivity index (χ0) is 33.0. The molecular weight excluding hydrogens is 623 g/mol. The van der Waals surface area contributed by atoms with Crippen LogP contribution in [-0.4, -0.2) is 0 Å². The van der Waals surface area contributed by atoms with Crippen LogP contribution in [0.1, 0.15) is 11.1 Å². The molecule has 0 N–H and O–H groups in total. The van der Waals surface area contributed by atoms with Gasteiger partial charge in [-0.25, -0.2) is 0 Å². The van der Waals surface area contributed by atoms with Crippen LogP contribution in [0.15, 0.2) is 176 Å². The molecule has 0 bridgehead atoms. The molecule has 1 heterocycles. The molecule has 0 saturated heterocycles. The van der Waals surface area contributed by atoms with Gasteiger partial charge in [0.25, 0.3) is 0 Å². The Kier molecular flexibility index (Phi) is 6.75. The standard InChI is InChI=1S/C48H31NS/c1-3-10-32(11-4-1)33-20-26-38(27-21-33)49(44-16-9-15-43-42-14-7-8-17-45(42)50-48(43)44)39-28-22-35(23-29-39)41-31-25-37-19-18-36-24-30-40(47(41)46(36)37)34-12-5-2-6-13-34/h1-31H. The van der Waals surface area contributed by atoms with E-state index in [2.05, 4.69) is 193 Å². The van der Waals surface area contributed by atoms with Crippen molar-refractivity contribution in [1.82, 2.24) is 0 Å². The fourth-order valence-corrected chi connectivity index (χ4v) is 8.87. The van der Waals surface area contributed by atoms with Crippen LogP contribution in [0, 0.1) is 0 Å². The van der Waals surface area contributed by atoms with Gasteiger partial charge in [-0.1, -0.05) is 152 Å². The van der Waals surface area contributed by atoms with Crippen LogP contribution in [0.4, 0.5) is 17.1 Å². The molecular formula is C48H31NS. The van der Waals surface area contributed by atoms with Crippen molar-refractivity contribution in [2.24, 2.45) is 0 Å². The average Bonchev–Trinajstić information content (AvgIpc) is 3.79. The third kappa shape index (κ3) is 4.69. The summed E-state index contributed by atoms with van der Waals surface area (Å²) in [6.07, 6.45) is 4.49. The molecule has 234 valence electrons. The molecule has 0 saturated carbocycles. The first kappa shape index (κ1) is 28.8. The second-order valence-electron chi connectivity index (χ2n) is 12.9. The number of fused-ring (bicyclic) bond motifs is 3. The number of anilines is 3. The largest absolute Gasteiger partial charge is 0.309 e. The molecule has 1 aromatic heterocycles. The van der Waals surface area contributed by atoms with Crippen molar-refractivity contribution in [3.05, 3.63) is 187 Å². The van der Waals surface area contributed by atoms with Gasteiger partial charge in [-0.05, 0) is 91.7 Å². The first-order valence-electron chi connectivity index (χ1n) is 17.1. The summed E-state index contributed by atoms with van der Waals surface area (Å²) in [6, 6.07) is 64.1. The monoisotopic (exact) mass is 653 g/mol. The van der Waals surface area contributed by atoms with Crippen LogP contribution in [0.3, 0.4) is 0 Å². The molecule has 0 fully saturated rings. The van der Waals surface area contributed by atoms with E-state index in [-0.39, 0.29) is 0 Å². The molecule has 2 heteroatoms. The van der Waals surface area contributed by atoms with Gasteiger partial charge < -0.3 is 4.90 Å². The maximum absolute atomic E-state index is 2.42. The van der Waals surface area contributed by atoms with Gasteiger partial charge in [0.2, 0.25) is 0 Å². The van der Waals surface area contributed by atoms with Gasteiger partial charge in [0.1, 0.15) is 0 Å². The zero-order valence-electron chi connectivity index (χ0n) is 27.3. The first-order chi connectivity index (χ1) is 24.8. The number of thiophene rings is 1. The molecule has 1 nitrogen and oxygen atoms in total. The van der Waals surface area contributed by atoms with Gasteiger partial charge in [0, 0.05) is 26.8 Å². The van der Waals surface area contributed by atoms with E-state index >= 15 is 0 Å². The van der Waals surface area contributed by atoms with Crippen LogP contribution in [0.2, 0.25) is 0 Å². The third-order valence-electron chi connectivity index (χ3n) is 10.0. The molecule has 1 aliphatic carbocycles. The predicted octanol–water partition coefficient (Wildman–Crippen LogP) is 14.2. The van der Waals surface area contributed by atoms with E-state index in [0.29, 0.717) is 0 Å². The topological polar surface area (TPSA) is 3.24 Å². The normalized spacial score (nSPS) is 11.9. The van der Waals surface area contributed by atoms with Crippen molar-refractivity contribution >= 4 is 71.5 Å². The highest BCUT2D eigenvalue weighted by Gasteiger charge is 2.20. The van der Waals surface area contributed by atoms with Crippen LogP contribution in [0.25, 0.3) is 76.5 Å². The molecule has 0 amide bonds. The van der Waals surface area contributed by atoms with Gasteiger partial charge in [-0.3, -0.25) is 0 Å². The van der Waals surface area contributed by atoms with Crippen molar-refractivity contribution in [3.63, 3.8) is 0 Å². The number of rotatable bonds is 6. The summed E-state index contributed by atoms with van der Waals surface area (Å²) in [4.78, 5) is 2.42. The summed E-state index contributed by atoms with van der Waals surface area (Å²) in [5.74, 6) is 0. The second kappa shape index (κ2) is 11.7. The summed E-state index contributed by atoms with van der Waals surface area (Å²) >= 11 is 1.87. The van der Waals surface area contributed by atoms with Gasteiger partial charge >= 0.3 is 0 Å². The number of nitrogens with zero attached hydrogens (tertiary/aromatic N) is 1. The summed E-state index contributed by atoms with van der Waals surface area (Å²) < 4.78 is 2.60. The fraction of sp³-hybridized carbons (Fsp3) is 0. The Bertz CT molecular complexity index is 2710. The Morgan fingerprint density at radius 2 is 0.880 bits per heavy atom. The highest BCUT2D eigenvalue weighted by Crippen LogP contribution is 2.47. The van der Waals surface area contributed by atoms with Gasteiger partial charge in [-0.15, -0.1) is 11.3 Å². The Hall–Kier alpha value is -6.22. The van der Waals surface area contributed by atoms with E-state index in [0.717, 1.165) is 11.4 Å². The van der Waals surface area contributed by atoms with E-state index in [1.807, 2.05) is 11.3 Å². The minimum absolute atomic E-state index is 1.13. The van der Waals surface area contributed by atoms with Crippen LogP contribution < -0.4 is 4.90 Å². The van der Waals surface area contributed by atoms with Crippen molar-refractivity contribution in [2.45, 2.75) is 0 Å². The SMILES string of the molecule is C1=Cc2ccc(-c3ccc(N(c4ccc(-c5ccccc5)cc4)c4cccc5c4sc4ccccc45)cc3)c3c(-c4ccccc4)ccc1c23. The highest BCUT2D eigenvalue weighted by molar-refractivity contribution is 7.26. The van der Waals surface area contributed by atoms with Gasteiger partial charge in [0.15, 0.2) is 0 Å². The van der Waals surface area contributed by atoms with Crippen LogP contribution >= 0.6 is 11.3 Å². The first-order valence-corrected chi connectivity index (χ1v) is 17.9. The van der Waals surface area contributed by atoms with E-state index in [1.54, 1.807) is 0 Å². The molecule has 1 aliphatic rings. The lowest BCUT2D eigenvalue weighted by molar-refractivity contribution is 1.30. The molecule has 0 radical (unpaired) electrons. The Balaban J connectivity index is 1.14. The smallest absolute Gasteiger partial charge is 0.0640 e. The van der Waals surface area contributed by atoms with Gasteiger partial charge in [-0.2, -0.15) is 0 Å². The third-order valence-corrected chi connectivity index (χ3v) is 11.3. The van der Waals surface area contributed by atoms with E-state index < -0.39 is 0 Å². The molecule has 0 atom stereocenters. The molecule has 0 spiro atoms. The van der Waals surface area contributed by atoms with E-state index in [9.17, 15) is 0 Å². The predicted molar refractivity (Wildman–Crippen MR) is 217 cm³/mol. The number of benzene rings is 8. The molecule has 0 unspecified atom stereocenters. The maximum atomic E-state index is 2.42. The summed E-state index contributed by atoms with van der Waals surface area (Å²) in [5.41, 5.74) is 13.4. The molecule has 8 aromatic carbocycles. The minimum atomic E-state index is 1.13. The second-order valence-corrected chi connectivity index (χ2v) is 14.0. The van der Waals surface area contributed by atoms with Crippen molar-refractivity contribution < 1.29 is 0 Å². The Morgan fingerprint density at radius 3 is 1.54 bits per heavy atom. The van der Waals surface area contributed by atoms with Crippen molar-refractivity contribution in [3.8, 4) is 33.4 Å². The molecule has 10 rings (SSSR count). The van der Waals surface area contributed by atoms with Crippen LogP contribution in [0.5, 0.6) is 0 Å². The number of hydrogen-bond donors (Lipinski definition) is 0.